The molecule has 0 aromatic rings. The van der Waals surface area contributed by atoms with Crippen molar-refractivity contribution < 1.29 is 4.79 Å². The summed E-state index contributed by atoms with van der Waals surface area (Å²) in [6.45, 7) is 0. The van der Waals surface area contributed by atoms with Crippen molar-refractivity contribution in [2.45, 2.75) is 6.17 Å². The van der Waals surface area contributed by atoms with E-state index >= 15 is 0 Å². The van der Waals surface area contributed by atoms with Crippen LogP contribution in [-0.2, 0) is 4.79 Å². The third-order valence-corrected chi connectivity index (χ3v) is 0.919. The van der Waals surface area contributed by atoms with E-state index in [1.165, 1.54) is 12.4 Å². The SMILES string of the molecule is O=C(Cl)C1N=CC=N1. The first-order chi connectivity index (χ1) is 3.80. The van der Waals surface area contributed by atoms with Crippen LogP contribution in [0.4, 0.5) is 0 Å². The van der Waals surface area contributed by atoms with Gasteiger partial charge in [0.2, 0.25) is 6.17 Å². The monoisotopic (exact) mass is 130 g/mol. The Labute approximate surface area is 51.1 Å². The Bertz CT molecular complexity index is 151. The Kier molecular flexibility index (Phi) is 1.39. The average Bonchev–Trinajstić information content (AvgIpc) is 2.12. The van der Waals surface area contributed by atoms with Crippen molar-refractivity contribution in [1.29, 1.82) is 0 Å². The molecule has 0 aromatic heterocycles. The van der Waals surface area contributed by atoms with Gasteiger partial charge in [0.05, 0.1) is 0 Å². The van der Waals surface area contributed by atoms with Crippen LogP contribution in [0, 0.1) is 0 Å². The summed E-state index contributed by atoms with van der Waals surface area (Å²) in [6.07, 6.45) is 2.23. The molecule has 1 aliphatic heterocycles. The molecule has 0 atom stereocenters. The van der Waals surface area contributed by atoms with Crippen LogP contribution in [0.5, 0.6) is 0 Å². The highest BCUT2D eigenvalue weighted by molar-refractivity contribution is 6.65. The molecule has 8 heavy (non-hydrogen) atoms. The number of rotatable bonds is 1. The molecule has 0 fully saturated rings. The molecule has 42 valence electrons. The lowest BCUT2D eigenvalue weighted by Gasteiger charge is -1.90. The molecule has 0 saturated carbocycles. The van der Waals surface area contributed by atoms with Gasteiger partial charge in [0, 0.05) is 12.4 Å². The molecule has 1 rings (SSSR count). The molecule has 0 unspecified atom stereocenters. The lowest BCUT2D eigenvalue weighted by molar-refractivity contribution is -0.112. The van der Waals surface area contributed by atoms with Gasteiger partial charge in [-0.1, -0.05) is 0 Å². The number of aliphatic imine (C=N–C) groups is 2. The fraction of sp³-hybridized carbons (Fsp3) is 0.250. The van der Waals surface area contributed by atoms with Crippen LogP contribution in [-0.4, -0.2) is 23.8 Å². The number of carbonyl (C=O) groups excluding carboxylic acids is 1. The molecule has 0 amide bonds. The van der Waals surface area contributed by atoms with Crippen LogP contribution in [0.15, 0.2) is 9.98 Å². The lowest BCUT2D eigenvalue weighted by Crippen LogP contribution is -2.05. The highest BCUT2D eigenvalue weighted by Crippen LogP contribution is 2.00. The van der Waals surface area contributed by atoms with Crippen molar-refractivity contribution in [3.8, 4) is 0 Å². The number of halogens is 1. The molecule has 0 N–H and O–H groups in total. The van der Waals surface area contributed by atoms with E-state index in [-0.39, 0.29) is 0 Å². The summed E-state index contributed by atoms with van der Waals surface area (Å²) in [7, 11) is 0. The maximum atomic E-state index is 10.2. The summed E-state index contributed by atoms with van der Waals surface area (Å²) in [5.74, 6) is 0. The summed E-state index contributed by atoms with van der Waals surface area (Å²) in [4.78, 5) is 17.4. The van der Waals surface area contributed by atoms with Gasteiger partial charge >= 0.3 is 0 Å². The van der Waals surface area contributed by atoms with Crippen molar-refractivity contribution in [3.05, 3.63) is 0 Å². The van der Waals surface area contributed by atoms with E-state index in [4.69, 9.17) is 11.6 Å². The standard InChI is InChI=1S/C4H3ClN2O/c5-3(8)4-6-1-2-7-4/h1-2,4H. The first kappa shape index (κ1) is 5.44. The minimum atomic E-state index is -0.670. The van der Waals surface area contributed by atoms with Gasteiger partial charge in [0.15, 0.2) is 0 Å². The topological polar surface area (TPSA) is 41.8 Å². The van der Waals surface area contributed by atoms with E-state index in [1.807, 2.05) is 0 Å². The predicted octanol–water partition coefficient (Wildman–Crippen LogP) is 0.233. The molecule has 1 aliphatic rings. The Morgan fingerprint density at radius 1 is 1.50 bits per heavy atom. The van der Waals surface area contributed by atoms with Gasteiger partial charge in [-0.25, -0.2) is 0 Å². The molecular weight excluding hydrogens is 128 g/mol. The third-order valence-electron chi connectivity index (χ3n) is 0.724. The highest BCUT2D eigenvalue weighted by atomic mass is 35.5. The van der Waals surface area contributed by atoms with Gasteiger partial charge in [-0.05, 0) is 11.6 Å². The molecular formula is C4H3ClN2O. The van der Waals surface area contributed by atoms with Crippen LogP contribution in [0.2, 0.25) is 0 Å². The van der Waals surface area contributed by atoms with Crippen LogP contribution in [0.3, 0.4) is 0 Å². The van der Waals surface area contributed by atoms with E-state index in [9.17, 15) is 4.79 Å². The maximum absolute atomic E-state index is 10.2. The van der Waals surface area contributed by atoms with Crippen LogP contribution < -0.4 is 0 Å². The number of hydrogen-bond donors (Lipinski definition) is 0. The van der Waals surface area contributed by atoms with Gasteiger partial charge in [-0.3, -0.25) is 14.8 Å². The van der Waals surface area contributed by atoms with Crippen molar-refractivity contribution in [1.82, 2.24) is 0 Å². The molecule has 0 aromatic carbocycles. The lowest BCUT2D eigenvalue weighted by atomic mass is 10.6. The first-order valence-corrected chi connectivity index (χ1v) is 2.43. The Hall–Kier alpha value is -0.700. The molecule has 0 bridgehead atoms. The second kappa shape index (κ2) is 2.05. The van der Waals surface area contributed by atoms with E-state index in [1.54, 1.807) is 0 Å². The van der Waals surface area contributed by atoms with Gasteiger partial charge in [-0.2, -0.15) is 0 Å². The van der Waals surface area contributed by atoms with E-state index in [2.05, 4.69) is 9.98 Å². The summed E-state index contributed by atoms with van der Waals surface area (Å²) in [6, 6.07) is 0. The zero-order valence-corrected chi connectivity index (χ0v) is 4.67. The van der Waals surface area contributed by atoms with E-state index < -0.39 is 11.4 Å². The van der Waals surface area contributed by atoms with Crippen LogP contribution in [0.25, 0.3) is 0 Å². The largest absolute Gasteiger partial charge is 0.277 e. The molecule has 1 heterocycles. The fourth-order valence-corrected chi connectivity index (χ4v) is 0.508. The first-order valence-electron chi connectivity index (χ1n) is 2.05. The number of hydrogen-bond acceptors (Lipinski definition) is 3. The smallest absolute Gasteiger partial charge is 0.268 e. The van der Waals surface area contributed by atoms with Gasteiger partial charge in [0.1, 0.15) is 0 Å². The van der Waals surface area contributed by atoms with Gasteiger partial charge < -0.3 is 0 Å². The van der Waals surface area contributed by atoms with Gasteiger partial charge in [0.25, 0.3) is 5.24 Å². The summed E-state index contributed by atoms with van der Waals surface area (Å²) < 4.78 is 0. The highest BCUT2D eigenvalue weighted by Gasteiger charge is 2.12. The second-order valence-electron chi connectivity index (χ2n) is 1.27. The van der Waals surface area contributed by atoms with Gasteiger partial charge in [-0.15, -0.1) is 0 Å². The van der Waals surface area contributed by atoms with E-state index in [0.717, 1.165) is 0 Å². The summed E-state index contributed by atoms with van der Waals surface area (Å²) in [5.41, 5.74) is 0. The normalized spacial score (nSPS) is 17.6. The maximum Gasteiger partial charge on any atom is 0.268 e. The zero-order chi connectivity index (χ0) is 5.98. The molecule has 0 aliphatic carbocycles. The Balaban J connectivity index is 2.62. The quantitative estimate of drug-likeness (QED) is 0.469. The summed E-state index contributed by atoms with van der Waals surface area (Å²) >= 11 is 5.02. The Morgan fingerprint density at radius 2 is 2.00 bits per heavy atom. The van der Waals surface area contributed by atoms with E-state index in [0.29, 0.717) is 0 Å². The molecule has 4 heteroatoms. The summed E-state index contributed by atoms with van der Waals surface area (Å²) in [5, 5.41) is -0.532. The third kappa shape index (κ3) is 0.924. The predicted molar refractivity (Wildman–Crippen MR) is 31.6 cm³/mol. The minimum Gasteiger partial charge on any atom is -0.277 e. The molecule has 0 saturated heterocycles. The molecule has 0 radical (unpaired) electrons. The minimum absolute atomic E-state index is 0.532. The molecule has 3 nitrogen and oxygen atoms in total. The van der Waals surface area contributed by atoms with Crippen LogP contribution >= 0.6 is 11.6 Å². The average molecular weight is 131 g/mol. The molecule has 0 spiro atoms. The van der Waals surface area contributed by atoms with Crippen molar-refractivity contribution in [2.24, 2.45) is 9.98 Å². The van der Waals surface area contributed by atoms with Crippen LogP contribution in [0.1, 0.15) is 0 Å². The van der Waals surface area contributed by atoms with Crippen molar-refractivity contribution in [3.63, 3.8) is 0 Å². The number of carbonyl (C=O) groups is 1. The second-order valence-corrected chi connectivity index (χ2v) is 1.65. The van der Waals surface area contributed by atoms with Crippen molar-refractivity contribution >= 4 is 29.3 Å². The zero-order valence-electron chi connectivity index (χ0n) is 3.91. The fourth-order valence-electron chi connectivity index (χ4n) is 0.396. The van der Waals surface area contributed by atoms with Crippen molar-refractivity contribution in [2.75, 3.05) is 0 Å². The Morgan fingerprint density at radius 3 is 2.25 bits per heavy atom. The number of nitrogens with zero attached hydrogens (tertiary/aromatic N) is 2.